The number of pyridine rings is 1. The first kappa shape index (κ1) is 19.1. The quantitative estimate of drug-likeness (QED) is 0.535. The van der Waals surface area contributed by atoms with Crippen molar-refractivity contribution in [2.45, 2.75) is 5.03 Å². The van der Waals surface area contributed by atoms with Crippen molar-refractivity contribution >= 4 is 46.7 Å². The van der Waals surface area contributed by atoms with Crippen molar-refractivity contribution in [3.8, 4) is 11.1 Å². The van der Waals surface area contributed by atoms with E-state index in [1.807, 2.05) is 30.3 Å². The van der Waals surface area contributed by atoms with Crippen molar-refractivity contribution in [3.05, 3.63) is 59.6 Å². The smallest absolute Gasteiger partial charge is 0.105 e. The van der Waals surface area contributed by atoms with Crippen LogP contribution in [0, 0.1) is 0 Å². The summed E-state index contributed by atoms with van der Waals surface area (Å²) in [4.78, 5) is 7.06. The van der Waals surface area contributed by atoms with Crippen LogP contribution >= 0.6 is 35.8 Å². The highest BCUT2D eigenvalue weighted by molar-refractivity contribution is 7.99. The Bertz CT molecular complexity index is 821. The van der Waals surface area contributed by atoms with E-state index in [0.29, 0.717) is 0 Å². The molecule has 0 radical (unpaired) electrons. The van der Waals surface area contributed by atoms with Gasteiger partial charge in [0.2, 0.25) is 0 Å². The van der Waals surface area contributed by atoms with E-state index in [1.165, 1.54) is 0 Å². The highest BCUT2D eigenvalue weighted by Gasteiger charge is 2.12. The first-order chi connectivity index (χ1) is 11.1. The minimum absolute atomic E-state index is 0. The van der Waals surface area contributed by atoms with Crippen LogP contribution in [0.3, 0.4) is 0 Å². The molecule has 2 aromatic carbocycles. The molecule has 3 rings (SSSR count). The summed E-state index contributed by atoms with van der Waals surface area (Å²) in [6.07, 6.45) is 0. The average molecular weight is 379 g/mol. The van der Waals surface area contributed by atoms with Gasteiger partial charge in [-0.25, -0.2) is 4.98 Å². The van der Waals surface area contributed by atoms with Crippen LogP contribution < -0.4 is 0 Å². The topological polar surface area (TPSA) is 16.1 Å². The predicted molar refractivity (Wildman–Crippen MR) is 109 cm³/mol. The first-order valence-corrected chi connectivity index (χ1v) is 8.94. The molecule has 5 heteroatoms. The minimum Gasteiger partial charge on any atom is -0.309 e. The van der Waals surface area contributed by atoms with Crippen molar-refractivity contribution < 1.29 is 0 Å². The fourth-order valence-corrected chi connectivity index (χ4v) is 3.78. The minimum atomic E-state index is 0. The number of hydrogen-bond donors (Lipinski definition) is 0. The molecule has 0 bridgehead atoms. The molecule has 0 fully saturated rings. The highest BCUT2D eigenvalue weighted by atomic mass is 35.5. The molecule has 0 aliphatic carbocycles. The zero-order valence-electron chi connectivity index (χ0n) is 13.7. The summed E-state index contributed by atoms with van der Waals surface area (Å²) in [5.74, 6) is 0.996. The van der Waals surface area contributed by atoms with Gasteiger partial charge in [-0.2, -0.15) is 0 Å². The number of rotatable bonds is 5. The molecular weight excluding hydrogens is 359 g/mol. The second-order valence-corrected chi connectivity index (χ2v) is 7.16. The molecule has 0 atom stereocenters. The molecule has 1 aromatic heterocycles. The lowest BCUT2D eigenvalue weighted by molar-refractivity contribution is 0.437. The molecule has 24 heavy (non-hydrogen) atoms. The van der Waals surface area contributed by atoms with Gasteiger partial charge in [-0.3, -0.25) is 0 Å². The SMILES string of the molecule is CN(C)CCSc1nc2ccccc2cc1-c1ccccc1Cl.Cl. The molecule has 1 heterocycles. The number of aromatic nitrogens is 1. The van der Waals surface area contributed by atoms with Crippen LogP contribution in [-0.4, -0.2) is 36.3 Å². The third kappa shape index (κ3) is 4.42. The fourth-order valence-electron chi connectivity index (χ4n) is 2.41. The van der Waals surface area contributed by atoms with Crippen LogP contribution in [0.1, 0.15) is 0 Å². The van der Waals surface area contributed by atoms with Gasteiger partial charge >= 0.3 is 0 Å². The number of halogens is 2. The number of hydrogen-bond acceptors (Lipinski definition) is 3. The normalized spacial score (nSPS) is 10.8. The Kier molecular flexibility index (Phi) is 6.93. The van der Waals surface area contributed by atoms with E-state index in [0.717, 1.165) is 44.4 Å². The highest BCUT2D eigenvalue weighted by Crippen LogP contribution is 2.36. The molecular formula is C19H20Cl2N2S. The zero-order chi connectivity index (χ0) is 16.2. The van der Waals surface area contributed by atoms with E-state index >= 15 is 0 Å². The molecule has 0 amide bonds. The number of nitrogens with zero attached hydrogens (tertiary/aromatic N) is 2. The van der Waals surface area contributed by atoms with Crippen LogP contribution in [0.25, 0.3) is 22.0 Å². The Morgan fingerprint density at radius 3 is 2.46 bits per heavy atom. The van der Waals surface area contributed by atoms with Gasteiger partial charge in [0.25, 0.3) is 0 Å². The standard InChI is InChI=1S/C19H19ClN2S.ClH/c1-22(2)11-12-23-19-16(15-8-4-5-9-17(15)20)13-14-7-3-6-10-18(14)21-19;/h3-10,13H,11-12H2,1-2H3;1H. The second kappa shape index (κ2) is 8.72. The Morgan fingerprint density at radius 2 is 1.71 bits per heavy atom. The zero-order valence-corrected chi connectivity index (χ0v) is 16.1. The summed E-state index contributed by atoms with van der Waals surface area (Å²) in [6, 6.07) is 18.4. The van der Waals surface area contributed by atoms with Crippen molar-refractivity contribution in [3.63, 3.8) is 0 Å². The third-order valence-electron chi connectivity index (χ3n) is 3.63. The maximum atomic E-state index is 6.42. The van der Waals surface area contributed by atoms with Gasteiger partial charge in [0.1, 0.15) is 5.03 Å². The van der Waals surface area contributed by atoms with Gasteiger partial charge in [-0.1, -0.05) is 48.0 Å². The van der Waals surface area contributed by atoms with Crippen LogP contribution in [0.15, 0.2) is 59.6 Å². The maximum Gasteiger partial charge on any atom is 0.105 e. The Labute approximate surface area is 158 Å². The van der Waals surface area contributed by atoms with E-state index in [4.69, 9.17) is 16.6 Å². The lowest BCUT2D eigenvalue weighted by Gasteiger charge is -2.13. The van der Waals surface area contributed by atoms with Gasteiger partial charge in [0.05, 0.1) is 5.52 Å². The summed E-state index contributed by atoms with van der Waals surface area (Å²) < 4.78 is 0. The van der Waals surface area contributed by atoms with E-state index in [2.05, 4.69) is 43.3 Å². The molecule has 3 aromatic rings. The summed E-state index contributed by atoms with van der Waals surface area (Å²) in [7, 11) is 4.17. The van der Waals surface area contributed by atoms with Crippen molar-refractivity contribution in [1.82, 2.24) is 9.88 Å². The summed E-state index contributed by atoms with van der Waals surface area (Å²) in [5.41, 5.74) is 3.17. The van der Waals surface area contributed by atoms with Crippen LogP contribution in [0.5, 0.6) is 0 Å². The van der Waals surface area contributed by atoms with E-state index < -0.39 is 0 Å². The molecule has 2 nitrogen and oxygen atoms in total. The van der Waals surface area contributed by atoms with Crippen LogP contribution in [0.4, 0.5) is 0 Å². The Hall–Kier alpha value is -1.26. The molecule has 0 unspecified atom stereocenters. The van der Waals surface area contributed by atoms with Crippen molar-refractivity contribution in [2.75, 3.05) is 26.4 Å². The third-order valence-corrected chi connectivity index (χ3v) is 4.93. The lowest BCUT2D eigenvalue weighted by atomic mass is 10.1. The molecule has 0 N–H and O–H groups in total. The van der Waals surface area contributed by atoms with Gasteiger partial charge in [0, 0.05) is 33.8 Å². The Morgan fingerprint density at radius 1 is 1.00 bits per heavy atom. The largest absolute Gasteiger partial charge is 0.309 e. The van der Waals surface area contributed by atoms with Crippen LogP contribution in [-0.2, 0) is 0 Å². The molecule has 0 saturated carbocycles. The van der Waals surface area contributed by atoms with Gasteiger partial charge in [-0.15, -0.1) is 24.2 Å². The molecule has 0 aliphatic rings. The van der Waals surface area contributed by atoms with Gasteiger partial charge in [-0.05, 0) is 32.3 Å². The average Bonchev–Trinajstić information content (AvgIpc) is 2.54. The Balaban J connectivity index is 0.00000208. The van der Waals surface area contributed by atoms with Crippen molar-refractivity contribution in [2.24, 2.45) is 0 Å². The van der Waals surface area contributed by atoms with Crippen molar-refractivity contribution in [1.29, 1.82) is 0 Å². The monoisotopic (exact) mass is 378 g/mol. The number of thioether (sulfide) groups is 1. The molecule has 0 aliphatic heterocycles. The number of fused-ring (bicyclic) bond motifs is 1. The number of para-hydroxylation sites is 1. The molecule has 126 valence electrons. The van der Waals surface area contributed by atoms with E-state index in [-0.39, 0.29) is 12.4 Å². The summed E-state index contributed by atoms with van der Waals surface area (Å²) in [6.45, 7) is 1.02. The maximum absolute atomic E-state index is 6.42. The lowest BCUT2D eigenvalue weighted by Crippen LogP contribution is -2.14. The fraction of sp³-hybridized carbons (Fsp3) is 0.211. The van der Waals surface area contributed by atoms with Gasteiger partial charge in [0.15, 0.2) is 0 Å². The predicted octanol–water partition coefficient (Wildman–Crippen LogP) is 5.63. The summed E-state index contributed by atoms with van der Waals surface area (Å²) >= 11 is 8.20. The van der Waals surface area contributed by atoms with Gasteiger partial charge < -0.3 is 4.90 Å². The summed E-state index contributed by atoms with van der Waals surface area (Å²) in [5, 5.41) is 2.94. The first-order valence-electron chi connectivity index (χ1n) is 7.57. The molecule has 0 saturated heterocycles. The number of benzene rings is 2. The van der Waals surface area contributed by atoms with E-state index in [9.17, 15) is 0 Å². The van der Waals surface area contributed by atoms with E-state index in [1.54, 1.807) is 11.8 Å². The van der Waals surface area contributed by atoms with Crippen LogP contribution in [0.2, 0.25) is 5.02 Å². The molecule has 0 spiro atoms. The second-order valence-electron chi connectivity index (χ2n) is 5.67.